The number of hydrogen-bond acceptors (Lipinski definition) is 5. The maximum Gasteiger partial charge on any atom is 0.306 e. The fourth-order valence-corrected chi connectivity index (χ4v) is 5.61. The molecule has 0 aromatic carbocycles. The first-order chi connectivity index (χ1) is 19.6. The summed E-state index contributed by atoms with van der Waals surface area (Å²) in [5.74, 6) is -0.581. The van der Waals surface area contributed by atoms with Crippen LogP contribution in [-0.2, 0) is 30.3 Å². The topological polar surface area (TPSA) is 65.7 Å². The Labute approximate surface area is 244 Å². The Balaban J connectivity index is 1.50. The van der Waals surface area contributed by atoms with Crippen molar-refractivity contribution in [1.29, 1.82) is 0 Å². The molecule has 0 amide bonds. The van der Waals surface area contributed by atoms with Gasteiger partial charge in [-0.2, -0.15) is 0 Å². The molecule has 228 valence electrons. The molecular formula is C34H58NO5+. The van der Waals surface area contributed by atoms with Crippen LogP contribution in [0.3, 0.4) is 0 Å². The summed E-state index contributed by atoms with van der Waals surface area (Å²) in [4.78, 5) is 24.2. The summed E-state index contributed by atoms with van der Waals surface area (Å²) in [7, 11) is 0. The molecule has 2 rings (SSSR count). The van der Waals surface area contributed by atoms with Gasteiger partial charge in [-0.25, -0.2) is 4.57 Å². The number of nitrogens with zero attached hydrogens (tertiary/aromatic N) is 1. The van der Waals surface area contributed by atoms with Crippen LogP contribution in [0, 0.1) is 0 Å². The number of esters is 2. The molecule has 1 aromatic heterocycles. The molecule has 1 saturated heterocycles. The van der Waals surface area contributed by atoms with E-state index in [2.05, 4.69) is 23.9 Å². The smallest absolute Gasteiger partial charge is 0.306 e. The number of unbranched alkanes of at least 4 members (excludes halogenated alkanes) is 16. The third-order valence-corrected chi connectivity index (χ3v) is 7.96. The lowest BCUT2D eigenvalue weighted by atomic mass is 10.0. The van der Waals surface area contributed by atoms with Crippen molar-refractivity contribution in [3.8, 4) is 0 Å². The van der Waals surface area contributed by atoms with Crippen LogP contribution in [0.4, 0.5) is 0 Å². The van der Waals surface area contributed by atoms with Crippen LogP contribution < -0.4 is 4.57 Å². The Kier molecular flexibility index (Phi) is 19.4. The van der Waals surface area contributed by atoms with Gasteiger partial charge in [-0.05, 0) is 19.3 Å². The van der Waals surface area contributed by atoms with Crippen molar-refractivity contribution < 1.29 is 28.4 Å². The summed E-state index contributed by atoms with van der Waals surface area (Å²) in [6.07, 6.45) is 26.9. The maximum absolute atomic E-state index is 12.5. The van der Waals surface area contributed by atoms with Crippen molar-refractivity contribution in [3.05, 3.63) is 30.6 Å². The van der Waals surface area contributed by atoms with Crippen LogP contribution >= 0.6 is 0 Å². The zero-order chi connectivity index (χ0) is 28.7. The maximum atomic E-state index is 12.5. The van der Waals surface area contributed by atoms with Crippen molar-refractivity contribution in [2.45, 2.75) is 167 Å². The second-order valence-electron chi connectivity index (χ2n) is 11.6. The second kappa shape index (κ2) is 22.7. The molecule has 0 spiro atoms. The number of ether oxygens (including phenoxy) is 3. The molecular weight excluding hydrogens is 502 g/mol. The van der Waals surface area contributed by atoms with E-state index in [1.165, 1.54) is 90.4 Å². The average molecular weight is 561 g/mol. The molecule has 1 aliphatic heterocycles. The lowest BCUT2D eigenvalue weighted by Crippen LogP contribution is -2.37. The van der Waals surface area contributed by atoms with E-state index in [9.17, 15) is 9.59 Å². The Morgan fingerprint density at radius 2 is 1.27 bits per heavy atom. The van der Waals surface area contributed by atoms with Crippen molar-refractivity contribution in [1.82, 2.24) is 0 Å². The van der Waals surface area contributed by atoms with Gasteiger partial charge in [0.05, 0.1) is 12.7 Å². The minimum absolute atomic E-state index is 0.188. The van der Waals surface area contributed by atoms with Gasteiger partial charge in [-0.15, -0.1) is 0 Å². The van der Waals surface area contributed by atoms with Crippen LogP contribution in [0.1, 0.15) is 142 Å². The van der Waals surface area contributed by atoms with Crippen molar-refractivity contribution in [2.75, 3.05) is 6.61 Å². The van der Waals surface area contributed by atoms with E-state index < -0.39 is 12.2 Å². The number of carbonyl (C=O) groups is 2. The van der Waals surface area contributed by atoms with E-state index in [0.29, 0.717) is 13.0 Å². The van der Waals surface area contributed by atoms with Gasteiger partial charge in [-0.1, -0.05) is 109 Å². The van der Waals surface area contributed by atoms with E-state index in [1.54, 1.807) is 0 Å². The minimum atomic E-state index is -0.502. The molecule has 1 fully saturated rings. The highest BCUT2D eigenvalue weighted by molar-refractivity contribution is 5.70. The Hall–Kier alpha value is -1.95. The van der Waals surface area contributed by atoms with E-state index in [4.69, 9.17) is 14.2 Å². The number of rotatable bonds is 24. The van der Waals surface area contributed by atoms with E-state index in [0.717, 1.165) is 45.1 Å². The first-order valence-electron chi connectivity index (χ1n) is 16.5. The summed E-state index contributed by atoms with van der Waals surface area (Å²) >= 11 is 0. The molecule has 40 heavy (non-hydrogen) atoms. The Morgan fingerprint density at radius 1 is 0.725 bits per heavy atom. The molecule has 6 heteroatoms. The van der Waals surface area contributed by atoms with Crippen LogP contribution in [-0.4, -0.2) is 36.9 Å². The van der Waals surface area contributed by atoms with Crippen LogP contribution in [0.2, 0.25) is 0 Å². The summed E-state index contributed by atoms with van der Waals surface area (Å²) < 4.78 is 19.3. The molecule has 3 atom stereocenters. The summed E-state index contributed by atoms with van der Waals surface area (Å²) in [5.41, 5.74) is 0. The SMILES string of the molecule is CCCCCCCCCCCCCCCCC[C@H]1OC[C@@H](OC(=O)CCCCC[n+]2ccccc2)[C@@H]1OC(C)=O. The molecule has 1 aliphatic rings. The molecule has 0 radical (unpaired) electrons. The predicted octanol–water partition coefficient (Wildman–Crippen LogP) is 8.04. The number of aryl methyl sites for hydroxylation is 1. The first kappa shape index (κ1) is 34.3. The predicted molar refractivity (Wildman–Crippen MR) is 160 cm³/mol. The molecule has 1 aromatic rings. The van der Waals surface area contributed by atoms with Crippen molar-refractivity contribution >= 4 is 11.9 Å². The average Bonchev–Trinajstić information content (AvgIpc) is 3.31. The van der Waals surface area contributed by atoms with Gasteiger partial charge in [0.1, 0.15) is 6.54 Å². The van der Waals surface area contributed by atoms with Gasteiger partial charge in [0.25, 0.3) is 0 Å². The monoisotopic (exact) mass is 560 g/mol. The Morgan fingerprint density at radius 3 is 1.85 bits per heavy atom. The highest BCUT2D eigenvalue weighted by Crippen LogP contribution is 2.26. The largest absolute Gasteiger partial charge is 0.456 e. The number of carbonyl (C=O) groups excluding carboxylic acids is 2. The van der Waals surface area contributed by atoms with E-state index in [1.807, 2.05) is 18.2 Å². The molecule has 0 unspecified atom stereocenters. The minimum Gasteiger partial charge on any atom is -0.456 e. The molecule has 0 N–H and O–H groups in total. The molecule has 0 saturated carbocycles. The highest BCUT2D eigenvalue weighted by Gasteiger charge is 2.41. The van der Waals surface area contributed by atoms with Gasteiger partial charge in [0.2, 0.25) is 0 Å². The number of aromatic nitrogens is 1. The highest BCUT2D eigenvalue weighted by atomic mass is 16.6. The van der Waals surface area contributed by atoms with Crippen LogP contribution in [0.25, 0.3) is 0 Å². The molecule has 2 heterocycles. The second-order valence-corrected chi connectivity index (χ2v) is 11.6. The van der Waals surface area contributed by atoms with Gasteiger partial charge >= 0.3 is 11.9 Å². The summed E-state index contributed by atoms with van der Waals surface area (Å²) in [5, 5.41) is 0. The molecule has 0 aliphatic carbocycles. The van der Waals surface area contributed by atoms with Crippen LogP contribution in [0.5, 0.6) is 0 Å². The standard InChI is InChI=1S/C34H58NO5/c1-3-4-5-6-7-8-9-10-11-12-13-14-15-16-19-24-31-34(39-30(2)36)32(29-38-31)40-33(37)25-20-17-21-26-35-27-22-18-23-28-35/h18,22-23,27-28,31-32,34H,3-17,19-21,24-26,29H2,1-2H3/q+1/t31-,32-,34-/m1/s1. The molecule has 0 bridgehead atoms. The van der Waals surface area contributed by atoms with E-state index >= 15 is 0 Å². The lowest BCUT2D eigenvalue weighted by Gasteiger charge is -2.22. The number of pyridine rings is 1. The fraction of sp³-hybridized carbons (Fsp3) is 0.794. The normalized spacial score (nSPS) is 18.6. The zero-order valence-electron chi connectivity index (χ0n) is 25.7. The third-order valence-electron chi connectivity index (χ3n) is 7.96. The van der Waals surface area contributed by atoms with Gasteiger partial charge in [0, 0.05) is 31.9 Å². The first-order valence-corrected chi connectivity index (χ1v) is 16.5. The third kappa shape index (κ3) is 16.3. The summed E-state index contributed by atoms with van der Waals surface area (Å²) in [6, 6.07) is 6.05. The van der Waals surface area contributed by atoms with E-state index in [-0.39, 0.29) is 18.0 Å². The van der Waals surface area contributed by atoms with Gasteiger partial charge < -0.3 is 14.2 Å². The lowest BCUT2D eigenvalue weighted by molar-refractivity contribution is -0.697. The fourth-order valence-electron chi connectivity index (χ4n) is 5.61. The number of hydrogen-bond donors (Lipinski definition) is 0. The van der Waals surface area contributed by atoms with Gasteiger partial charge in [-0.3, -0.25) is 9.59 Å². The van der Waals surface area contributed by atoms with Crippen molar-refractivity contribution in [3.63, 3.8) is 0 Å². The quantitative estimate of drug-likeness (QED) is 0.0727. The van der Waals surface area contributed by atoms with Gasteiger partial charge in [0.15, 0.2) is 24.6 Å². The Bertz CT molecular complexity index is 771. The van der Waals surface area contributed by atoms with Crippen molar-refractivity contribution in [2.24, 2.45) is 0 Å². The summed E-state index contributed by atoms with van der Waals surface area (Å²) in [6.45, 7) is 4.93. The zero-order valence-corrected chi connectivity index (χ0v) is 25.7. The van der Waals surface area contributed by atoms with Crippen LogP contribution in [0.15, 0.2) is 30.6 Å². The molecule has 6 nitrogen and oxygen atoms in total.